The van der Waals surface area contributed by atoms with Crippen molar-refractivity contribution in [3.05, 3.63) is 45.2 Å². The zero-order valence-corrected chi connectivity index (χ0v) is 13.3. The number of hydrogen-bond donors (Lipinski definition) is 3. The Hall–Kier alpha value is -1.01. The Morgan fingerprint density at radius 1 is 1.25 bits per heavy atom. The molecule has 0 amide bonds. The zero-order valence-electron chi connectivity index (χ0n) is 10.2. The van der Waals surface area contributed by atoms with Gasteiger partial charge in [0.05, 0.1) is 10.0 Å². The second kappa shape index (κ2) is 7.13. The lowest BCUT2D eigenvalue weighted by Crippen LogP contribution is -2.30. The van der Waals surface area contributed by atoms with E-state index in [1.165, 1.54) is 0 Å². The second-order valence-electron chi connectivity index (χ2n) is 3.89. The highest BCUT2D eigenvalue weighted by molar-refractivity contribution is 7.80. The van der Waals surface area contributed by atoms with Crippen LogP contribution in [0.25, 0.3) is 0 Å². The Bertz CT molecular complexity index is 601. The van der Waals surface area contributed by atoms with Crippen molar-refractivity contribution in [2.24, 2.45) is 0 Å². The minimum absolute atomic E-state index is 0.467. The molecule has 0 spiro atoms. The first kappa shape index (κ1) is 15.4. The molecule has 8 heteroatoms. The Labute approximate surface area is 136 Å². The van der Waals surface area contributed by atoms with Crippen LogP contribution in [0.3, 0.4) is 0 Å². The predicted octanol–water partition coefficient (Wildman–Crippen LogP) is 3.90. The number of rotatable bonds is 4. The van der Waals surface area contributed by atoms with Crippen molar-refractivity contribution in [1.82, 2.24) is 15.3 Å². The summed E-state index contributed by atoms with van der Waals surface area (Å²) in [6.07, 6.45) is 3.95. The molecular formula is C12H11Cl3N4S. The summed E-state index contributed by atoms with van der Waals surface area (Å²) in [6.45, 7) is 0.576. The van der Waals surface area contributed by atoms with E-state index in [2.05, 4.69) is 20.6 Å². The summed E-state index contributed by atoms with van der Waals surface area (Å²) in [6, 6.07) is 3.40. The highest BCUT2D eigenvalue weighted by Gasteiger charge is 2.09. The summed E-state index contributed by atoms with van der Waals surface area (Å²) in [7, 11) is 0. The van der Waals surface area contributed by atoms with Crippen molar-refractivity contribution in [2.45, 2.75) is 6.42 Å². The summed E-state index contributed by atoms with van der Waals surface area (Å²) in [5.74, 6) is 0.585. The lowest BCUT2D eigenvalue weighted by atomic mass is 10.1. The van der Waals surface area contributed by atoms with Crippen molar-refractivity contribution in [3.63, 3.8) is 0 Å². The Balaban J connectivity index is 1.87. The number of aromatic amines is 1. The molecule has 0 aliphatic rings. The van der Waals surface area contributed by atoms with Crippen molar-refractivity contribution >= 4 is 58.1 Å². The Kier molecular flexibility index (Phi) is 5.48. The molecule has 0 aliphatic carbocycles. The smallest absolute Gasteiger partial charge is 0.206 e. The number of H-pyrrole nitrogens is 1. The molecule has 0 fully saturated rings. The van der Waals surface area contributed by atoms with Crippen LogP contribution >= 0.6 is 47.0 Å². The first-order valence-electron chi connectivity index (χ1n) is 5.74. The van der Waals surface area contributed by atoms with Crippen molar-refractivity contribution < 1.29 is 0 Å². The van der Waals surface area contributed by atoms with Gasteiger partial charge in [0.15, 0.2) is 5.11 Å². The van der Waals surface area contributed by atoms with E-state index in [1.54, 1.807) is 24.5 Å². The van der Waals surface area contributed by atoms with E-state index < -0.39 is 0 Å². The van der Waals surface area contributed by atoms with Gasteiger partial charge in [-0.3, -0.25) is 0 Å². The third-order valence-corrected chi connectivity index (χ3v) is 3.97. The van der Waals surface area contributed by atoms with Crippen LogP contribution in [0.15, 0.2) is 24.5 Å². The van der Waals surface area contributed by atoms with Gasteiger partial charge < -0.3 is 15.6 Å². The first-order chi connectivity index (χ1) is 9.58. The van der Waals surface area contributed by atoms with Gasteiger partial charge in [-0.2, -0.15) is 0 Å². The Morgan fingerprint density at radius 3 is 2.70 bits per heavy atom. The topological polar surface area (TPSA) is 52.7 Å². The van der Waals surface area contributed by atoms with E-state index in [0.717, 1.165) is 5.56 Å². The van der Waals surface area contributed by atoms with Crippen LogP contribution in [-0.2, 0) is 6.42 Å². The van der Waals surface area contributed by atoms with E-state index >= 15 is 0 Å². The van der Waals surface area contributed by atoms with E-state index in [4.69, 9.17) is 47.0 Å². The summed E-state index contributed by atoms with van der Waals surface area (Å²) >= 11 is 23.3. The van der Waals surface area contributed by atoms with E-state index in [1.807, 2.05) is 0 Å². The quantitative estimate of drug-likeness (QED) is 0.579. The lowest BCUT2D eigenvalue weighted by Gasteiger charge is -2.11. The zero-order chi connectivity index (χ0) is 14.5. The molecular weight excluding hydrogens is 339 g/mol. The molecule has 0 radical (unpaired) electrons. The molecule has 2 rings (SSSR count). The van der Waals surface area contributed by atoms with Crippen LogP contribution in [0.5, 0.6) is 0 Å². The third-order valence-electron chi connectivity index (χ3n) is 2.53. The summed E-state index contributed by atoms with van der Waals surface area (Å²) in [5.41, 5.74) is 0.800. The maximum absolute atomic E-state index is 6.12. The number of aromatic nitrogens is 2. The highest BCUT2D eigenvalue weighted by atomic mass is 35.5. The molecule has 1 heterocycles. The van der Waals surface area contributed by atoms with Crippen LogP contribution in [0.1, 0.15) is 5.56 Å². The van der Waals surface area contributed by atoms with Gasteiger partial charge in [-0.15, -0.1) is 0 Å². The molecule has 0 bridgehead atoms. The van der Waals surface area contributed by atoms with Crippen molar-refractivity contribution in [3.8, 4) is 0 Å². The number of imidazole rings is 1. The average molecular weight is 350 g/mol. The molecule has 106 valence electrons. The van der Waals surface area contributed by atoms with Gasteiger partial charge in [-0.1, -0.05) is 34.8 Å². The largest absolute Gasteiger partial charge is 0.362 e. The van der Waals surface area contributed by atoms with Gasteiger partial charge in [-0.25, -0.2) is 4.98 Å². The molecule has 2 aromatic rings. The fourth-order valence-corrected chi connectivity index (χ4v) is 2.52. The van der Waals surface area contributed by atoms with E-state index in [0.29, 0.717) is 39.1 Å². The Morgan fingerprint density at radius 2 is 2.00 bits per heavy atom. The minimum Gasteiger partial charge on any atom is -0.362 e. The lowest BCUT2D eigenvalue weighted by molar-refractivity contribution is 0.873. The van der Waals surface area contributed by atoms with Crippen LogP contribution < -0.4 is 10.6 Å². The van der Waals surface area contributed by atoms with Crippen molar-refractivity contribution in [2.75, 3.05) is 11.9 Å². The maximum Gasteiger partial charge on any atom is 0.206 e. The van der Waals surface area contributed by atoms with Gasteiger partial charge in [0.25, 0.3) is 0 Å². The number of hydrogen-bond acceptors (Lipinski definition) is 2. The maximum atomic E-state index is 6.12. The van der Waals surface area contributed by atoms with Gasteiger partial charge in [0.2, 0.25) is 5.95 Å². The van der Waals surface area contributed by atoms with E-state index in [9.17, 15) is 0 Å². The molecule has 0 aliphatic heterocycles. The van der Waals surface area contributed by atoms with Crippen LogP contribution in [0.2, 0.25) is 15.1 Å². The van der Waals surface area contributed by atoms with E-state index in [-0.39, 0.29) is 0 Å². The molecule has 20 heavy (non-hydrogen) atoms. The number of thiocarbonyl (C=S) groups is 1. The molecule has 4 nitrogen and oxygen atoms in total. The van der Waals surface area contributed by atoms with Gasteiger partial charge in [0, 0.05) is 24.0 Å². The molecule has 1 aromatic carbocycles. The summed E-state index contributed by atoms with van der Waals surface area (Å²) < 4.78 is 0. The van der Waals surface area contributed by atoms with Gasteiger partial charge >= 0.3 is 0 Å². The minimum atomic E-state index is 0.467. The fraction of sp³-hybridized carbons (Fsp3) is 0.167. The monoisotopic (exact) mass is 348 g/mol. The number of benzene rings is 1. The van der Waals surface area contributed by atoms with Gasteiger partial charge in [0.1, 0.15) is 0 Å². The molecule has 0 unspecified atom stereocenters. The first-order valence-corrected chi connectivity index (χ1v) is 7.28. The molecule has 0 saturated heterocycles. The van der Waals surface area contributed by atoms with Crippen LogP contribution in [-0.4, -0.2) is 21.6 Å². The number of nitrogens with zero attached hydrogens (tertiary/aromatic N) is 1. The summed E-state index contributed by atoms with van der Waals surface area (Å²) in [4.78, 5) is 6.90. The SMILES string of the molecule is S=C(NCCc1c(Cl)ccc(Cl)c1Cl)Nc1ncc[nH]1. The molecule has 0 atom stereocenters. The molecule has 3 N–H and O–H groups in total. The third kappa shape index (κ3) is 3.99. The number of halogens is 3. The molecule has 0 saturated carbocycles. The van der Waals surface area contributed by atoms with Gasteiger partial charge in [-0.05, 0) is 36.3 Å². The number of anilines is 1. The fourth-order valence-electron chi connectivity index (χ4n) is 1.58. The second-order valence-corrected chi connectivity index (χ2v) is 5.49. The summed E-state index contributed by atoms with van der Waals surface area (Å²) in [5, 5.41) is 7.98. The van der Waals surface area contributed by atoms with Crippen molar-refractivity contribution in [1.29, 1.82) is 0 Å². The highest BCUT2D eigenvalue weighted by Crippen LogP contribution is 2.31. The number of nitrogens with one attached hydrogen (secondary N) is 3. The standard InChI is InChI=1S/C12H11Cl3N4S/c13-8-1-2-9(14)10(15)7(8)3-4-18-12(20)19-11-16-5-6-17-11/h1-2,5-6H,3-4H2,(H3,16,17,18,19,20). The van der Waals surface area contributed by atoms with Crippen LogP contribution in [0, 0.1) is 0 Å². The molecule has 1 aromatic heterocycles. The predicted molar refractivity (Wildman–Crippen MR) is 88.0 cm³/mol. The average Bonchev–Trinajstić information content (AvgIpc) is 2.91. The normalized spacial score (nSPS) is 10.3. The van der Waals surface area contributed by atoms with Crippen LogP contribution in [0.4, 0.5) is 5.95 Å².